The Morgan fingerprint density at radius 2 is 1.74 bits per heavy atom. The molecule has 0 bridgehead atoms. The van der Waals surface area contributed by atoms with Crippen molar-refractivity contribution in [1.82, 2.24) is 0 Å². The summed E-state index contributed by atoms with van der Waals surface area (Å²) in [6, 6.07) is 19.0. The Balaban J connectivity index is 1.68. The number of nitrogens with one attached hydrogen (secondary N) is 1. The predicted octanol–water partition coefficient (Wildman–Crippen LogP) is 6.56. The van der Waals surface area contributed by atoms with Gasteiger partial charge in [0.25, 0.3) is 0 Å². The lowest BCUT2D eigenvalue weighted by Gasteiger charge is -2.11. The van der Waals surface area contributed by atoms with Crippen molar-refractivity contribution >= 4 is 28.1 Å². The molecule has 1 N–H and O–H groups in total. The summed E-state index contributed by atoms with van der Waals surface area (Å²) in [6.45, 7) is 4.45. The SMILES string of the molecule is CCOc1ccc(-c2coc3cc(OC)c(/C(C)=C/C(=O)Nc4ccccc4OC)cc23)cc1. The second-order valence-electron chi connectivity index (χ2n) is 7.67. The first-order chi connectivity index (χ1) is 16.5. The number of fused-ring (bicyclic) bond motifs is 1. The number of carbonyl (C=O) groups excluding carboxylic acids is 1. The van der Waals surface area contributed by atoms with Crippen LogP contribution in [-0.2, 0) is 4.79 Å². The van der Waals surface area contributed by atoms with E-state index < -0.39 is 0 Å². The first kappa shape index (κ1) is 23.0. The molecular formula is C28H27NO5. The van der Waals surface area contributed by atoms with Crippen molar-refractivity contribution < 1.29 is 23.4 Å². The van der Waals surface area contributed by atoms with Gasteiger partial charge in [-0.15, -0.1) is 0 Å². The molecular weight excluding hydrogens is 430 g/mol. The highest BCUT2D eigenvalue weighted by atomic mass is 16.5. The van der Waals surface area contributed by atoms with Crippen LogP contribution in [0.25, 0.3) is 27.7 Å². The van der Waals surface area contributed by atoms with E-state index in [-0.39, 0.29) is 5.91 Å². The first-order valence-corrected chi connectivity index (χ1v) is 11.0. The van der Waals surface area contributed by atoms with Gasteiger partial charge in [-0.05, 0) is 55.3 Å². The number of hydrogen-bond donors (Lipinski definition) is 1. The summed E-state index contributed by atoms with van der Waals surface area (Å²) in [6.07, 6.45) is 3.28. The number of methoxy groups -OCH3 is 2. The lowest BCUT2D eigenvalue weighted by Crippen LogP contribution is -2.09. The fraction of sp³-hybridized carbons (Fsp3) is 0.179. The first-order valence-electron chi connectivity index (χ1n) is 11.0. The van der Waals surface area contributed by atoms with Crippen molar-refractivity contribution in [2.24, 2.45) is 0 Å². The number of furan rings is 1. The monoisotopic (exact) mass is 457 g/mol. The molecule has 0 atom stereocenters. The summed E-state index contributed by atoms with van der Waals surface area (Å²) < 4.78 is 22.3. The van der Waals surface area contributed by atoms with Crippen molar-refractivity contribution in [2.45, 2.75) is 13.8 Å². The number of ether oxygens (including phenoxy) is 3. The lowest BCUT2D eigenvalue weighted by molar-refractivity contribution is -0.111. The lowest BCUT2D eigenvalue weighted by atomic mass is 9.99. The quantitative estimate of drug-likeness (QED) is 0.304. The van der Waals surface area contributed by atoms with Crippen LogP contribution in [-0.4, -0.2) is 26.7 Å². The van der Waals surface area contributed by atoms with Gasteiger partial charge in [0.2, 0.25) is 5.91 Å². The molecule has 0 spiro atoms. The van der Waals surface area contributed by atoms with Crippen LogP contribution in [0.3, 0.4) is 0 Å². The molecule has 0 aliphatic rings. The van der Waals surface area contributed by atoms with Crippen LogP contribution < -0.4 is 19.5 Å². The molecule has 1 heterocycles. The molecule has 0 radical (unpaired) electrons. The molecule has 3 aromatic carbocycles. The van der Waals surface area contributed by atoms with E-state index in [1.54, 1.807) is 38.7 Å². The van der Waals surface area contributed by atoms with Gasteiger partial charge in [-0.3, -0.25) is 4.79 Å². The number of para-hydroxylation sites is 2. The molecule has 0 fully saturated rings. The van der Waals surface area contributed by atoms with Crippen molar-refractivity contribution in [3.05, 3.63) is 78.6 Å². The van der Waals surface area contributed by atoms with Crippen LogP contribution in [0.1, 0.15) is 19.4 Å². The highest BCUT2D eigenvalue weighted by Crippen LogP contribution is 2.38. The fourth-order valence-electron chi connectivity index (χ4n) is 3.84. The number of amides is 1. The number of anilines is 1. The molecule has 4 aromatic rings. The van der Waals surface area contributed by atoms with Crippen LogP contribution in [0.2, 0.25) is 0 Å². The zero-order valence-electron chi connectivity index (χ0n) is 19.7. The summed E-state index contributed by atoms with van der Waals surface area (Å²) in [5, 5.41) is 3.80. The van der Waals surface area contributed by atoms with Gasteiger partial charge in [-0.2, -0.15) is 0 Å². The van der Waals surface area contributed by atoms with E-state index >= 15 is 0 Å². The minimum atomic E-state index is -0.261. The highest BCUT2D eigenvalue weighted by molar-refractivity contribution is 6.06. The number of allylic oxidation sites excluding steroid dienone is 1. The van der Waals surface area contributed by atoms with Crippen LogP contribution in [0.15, 0.2) is 77.4 Å². The number of rotatable bonds is 8. The third-order valence-corrected chi connectivity index (χ3v) is 5.51. The van der Waals surface area contributed by atoms with Crippen molar-refractivity contribution in [3.8, 4) is 28.4 Å². The topological polar surface area (TPSA) is 69.9 Å². The van der Waals surface area contributed by atoms with Gasteiger partial charge in [0.15, 0.2) is 0 Å². The van der Waals surface area contributed by atoms with Crippen LogP contribution >= 0.6 is 0 Å². The molecule has 0 aliphatic heterocycles. The van der Waals surface area contributed by atoms with E-state index in [9.17, 15) is 4.79 Å². The highest BCUT2D eigenvalue weighted by Gasteiger charge is 2.15. The maximum Gasteiger partial charge on any atom is 0.248 e. The number of hydrogen-bond acceptors (Lipinski definition) is 5. The largest absolute Gasteiger partial charge is 0.496 e. The average molecular weight is 458 g/mol. The summed E-state index contributed by atoms with van der Waals surface area (Å²) in [4.78, 5) is 12.7. The molecule has 1 aromatic heterocycles. The van der Waals surface area contributed by atoms with E-state index in [0.717, 1.165) is 33.4 Å². The maximum absolute atomic E-state index is 12.7. The Labute approximate surface area is 198 Å². The van der Waals surface area contributed by atoms with Gasteiger partial charge in [-0.25, -0.2) is 0 Å². The molecule has 6 nitrogen and oxygen atoms in total. The molecule has 6 heteroatoms. The summed E-state index contributed by atoms with van der Waals surface area (Å²) in [5.41, 5.74) is 4.83. The molecule has 0 unspecified atom stereocenters. The molecule has 1 amide bonds. The van der Waals surface area contributed by atoms with Crippen LogP contribution in [0.4, 0.5) is 5.69 Å². The van der Waals surface area contributed by atoms with Gasteiger partial charge in [0.1, 0.15) is 22.8 Å². The van der Waals surface area contributed by atoms with Gasteiger partial charge in [0, 0.05) is 28.7 Å². The van der Waals surface area contributed by atoms with Gasteiger partial charge < -0.3 is 23.9 Å². The molecule has 174 valence electrons. The zero-order chi connectivity index (χ0) is 24.1. The Bertz CT molecular complexity index is 1330. The predicted molar refractivity (Wildman–Crippen MR) is 135 cm³/mol. The van der Waals surface area contributed by atoms with Crippen LogP contribution in [0.5, 0.6) is 17.2 Å². The van der Waals surface area contributed by atoms with Crippen molar-refractivity contribution in [3.63, 3.8) is 0 Å². The maximum atomic E-state index is 12.7. The van der Waals surface area contributed by atoms with Gasteiger partial charge in [-0.1, -0.05) is 24.3 Å². The normalized spacial score (nSPS) is 11.4. The Hall–Kier alpha value is -4.19. The molecule has 0 saturated heterocycles. The van der Waals surface area contributed by atoms with Gasteiger partial charge in [0.05, 0.1) is 32.8 Å². The second-order valence-corrected chi connectivity index (χ2v) is 7.67. The molecule has 0 saturated carbocycles. The number of benzene rings is 3. The third kappa shape index (κ3) is 4.76. The summed E-state index contributed by atoms with van der Waals surface area (Å²) >= 11 is 0. The van der Waals surface area contributed by atoms with E-state index in [1.165, 1.54) is 0 Å². The summed E-state index contributed by atoms with van der Waals surface area (Å²) in [7, 11) is 3.17. The minimum Gasteiger partial charge on any atom is -0.496 e. The molecule has 0 aliphatic carbocycles. The summed E-state index contributed by atoms with van der Waals surface area (Å²) in [5.74, 6) is 1.78. The van der Waals surface area contributed by atoms with E-state index in [1.807, 2.05) is 62.4 Å². The molecule has 34 heavy (non-hydrogen) atoms. The van der Waals surface area contributed by atoms with Crippen molar-refractivity contribution in [2.75, 3.05) is 26.1 Å². The standard InChI is InChI=1S/C28H27NO5/c1-5-33-20-12-10-19(11-13-20)23-17-34-27-16-26(32-4)21(15-22(23)27)18(2)14-28(30)29-24-8-6-7-9-25(24)31-3/h6-17H,5H2,1-4H3,(H,29,30)/b18-14+. The smallest absolute Gasteiger partial charge is 0.248 e. The van der Waals surface area contributed by atoms with Crippen LogP contribution in [0, 0.1) is 0 Å². The zero-order valence-corrected chi connectivity index (χ0v) is 19.7. The van der Waals surface area contributed by atoms with Gasteiger partial charge >= 0.3 is 0 Å². The second kappa shape index (κ2) is 10.2. The molecule has 4 rings (SSSR count). The van der Waals surface area contributed by atoms with E-state index in [4.69, 9.17) is 18.6 Å². The minimum absolute atomic E-state index is 0.261. The Kier molecular flexibility index (Phi) is 6.87. The van der Waals surface area contributed by atoms with E-state index in [0.29, 0.717) is 29.4 Å². The van der Waals surface area contributed by atoms with Crippen molar-refractivity contribution in [1.29, 1.82) is 0 Å². The Morgan fingerprint density at radius 1 is 1.00 bits per heavy atom. The number of carbonyl (C=O) groups is 1. The third-order valence-electron chi connectivity index (χ3n) is 5.51. The van der Waals surface area contributed by atoms with E-state index in [2.05, 4.69) is 5.32 Å². The Morgan fingerprint density at radius 3 is 2.44 bits per heavy atom. The average Bonchev–Trinajstić information content (AvgIpc) is 3.27. The fourth-order valence-corrected chi connectivity index (χ4v) is 3.84.